The van der Waals surface area contributed by atoms with Crippen molar-refractivity contribution in [3.8, 4) is 0 Å². The number of hydrogen-bond donors (Lipinski definition) is 3. The van der Waals surface area contributed by atoms with E-state index in [-0.39, 0.29) is 36.8 Å². The molecule has 0 aliphatic carbocycles. The number of carbonyl (C=O) groups excluding carboxylic acids is 4. The third kappa shape index (κ3) is 9.95. The Balaban J connectivity index is 1.73. The Kier molecular flexibility index (Phi) is 14.1. The molecule has 1 aromatic rings. The van der Waals surface area contributed by atoms with E-state index in [2.05, 4.69) is 5.32 Å². The average molecular weight is 780 g/mol. The maximum Gasteiger partial charge on any atom is 0.409 e. The summed E-state index contributed by atoms with van der Waals surface area (Å²) in [5.74, 6) is -1.32. The van der Waals surface area contributed by atoms with Crippen molar-refractivity contribution in [1.29, 1.82) is 0 Å². The highest BCUT2D eigenvalue weighted by Crippen LogP contribution is 2.49. The van der Waals surface area contributed by atoms with Gasteiger partial charge in [0.15, 0.2) is 5.72 Å². The van der Waals surface area contributed by atoms with Crippen LogP contribution < -0.4 is 10.2 Å². The Hall–Kier alpha value is -3.14. The largest absolute Gasteiger partial charge is 0.457 e. The van der Waals surface area contributed by atoms with Gasteiger partial charge < -0.3 is 39.0 Å². The van der Waals surface area contributed by atoms with Crippen LogP contribution in [0.15, 0.2) is 35.9 Å². The summed E-state index contributed by atoms with van der Waals surface area (Å²) in [7, 11) is 4.52. The van der Waals surface area contributed by atoms with Gasteiger partial charge in [-0.05, 0) is 49.6 Å². The van der Waals surface area contributed by atoms with Crippen LogP contribution in [-0.4, -0.2) is 113 Å². The predicted molar refractivity (Wildman–Crippen MR) is 203 cm³/mol. The summed E-state index contributed by atoms with van der Waals surface area (Å²) >= 11 is 8.37. The van der Waals surface area contributed by atoms with Crippen LogP contribution in [0.4, 0.5) is 10.5 Å². The molecule has 15 heteroatoms. The molecule has 8 atom stereocenters. The van der Waals surface area contributed by atoms with Crippen LogP contribution in [0.5, 0.6) is 0 Å². The summed E-state index contributed by atoms with van der Waals surface area (Å²) in [5, 5.41) is 24.9. The molecule has 3 N–H and O–H groups in total. The van der Waals surface area contributed by atoms with Crippen LogP contribution in [0.3, 0.4) is 0 Å². The van der Waals surface area contributed by atoms with Crippen molar-refractivity contribution >= 4 is 52.9 Å². The number of anilines is 1. The Bertz CT molecular complexity index is 1610. The number of halogens is 1. The van der Waals surface area contributed by atoms with Crippen molar-refractivity contribution in [3.05, 3.63) is 52.1 Å². The van der Waals surface area contributed by atoms with Crippen molar-refractivity contribution in [2.75, 3.05) is 31.9 Å². The van der Waals surface area contributed by atoms with E-state index in [0.717, 1.165) is 11.1 Å². The number of likely N-dealkylation sites (N-methyl/N-ethyl adjacent to an activating group) is 1. The summed E-state index contributed by atoms with van der Waals surface area (Å²) in [6.45, 7) is 10.7. The number of aliphatic hydroxyl groups excluding tert-OH is 1. The lowest BCUT2D eigenvalue weighted by Crippen LogP contribution is -2.63. The van der Waals surface area contributed by atoms with Gasteiger partial charge in [0.2, 0.25) is 11.8 Å². The number of allylic oxidation sites excluding steroid dienone is 3. The number of epoxide rings is 1. The van der Waals surface area contributed by atoms with Gasteiger partial charge in [0.25, 0.3) is 0 Å². The lowest BCUT2D eigenvalue weighted by molar-refractivity contribution is -0.162. The molecule has 3 heterocycles. The standard InChI is InChI=1S/C38H54ClN3O10S/c1-21(2)53-14-13-31(44)41(7)24(5)35(46)51-30-18-32(45)42(8)27-17-25(16-26(20-43)33(27)39)15-22(3)11-10-12-29(49-9)38(48)19-28(50-36(47)40-38)23(4)34-37(30,6)52-34/h10-12,16-17,21,23-24,28-30,34,43,48H,13-15,18-20H2,1-9H3,(H,40,47)/b12-10+,22-11+/t23-,24+,28+,29-,30+,34+,37+,38+/m1/s1. The molecular weight excluding hydrogens is 726 g/mol. The molecule has 0 spiro atoms. The van der Waals surface area contributed by atoms with Gasteiger partial charge in [-0.3, -0.25) is 14.9 Å². The van der Waals surface area contributed by atoms with Crippen molar-refractivity contribution < 1.29 is 48.3 Å². The highest BCUT2D eigenvalue weighted by atomic mass is 35.5. The lowest BCUT2D eigenvalue weighted by atomic mass is 9.83. The molecule has 2 saturated heterocycles. The van der Waals surface area contributed by atoms with Gasteiger partial charge in [0.1, 0.15) is 30.0 Å². The SMILES string of the molecule is CO[C@@H]1/C=C/C=C(\C)Cc2cc(CO)c(Cl)c(c2)N(C)C(=O)C[C@H](OC(=O)[C@H](C)N(C)C(=O)CCSC(C)C)[C@]2(C)O[C@H]2[C@H](C)[C@@H]2C[C@@]1(O)NC(=O)O2. The number of amides is 3. The first-order valence-electron chi connectivity index (χ1n) is 17.9. The van der Waals surface area contributed by atoms with Crippen molar-refractivity contribution in [3.63, 3.8) is 0 Å². The van der Waals surface area contributed by atoms with Crippen LogP contribution in [0, 0.1) is 5.92 Å². The quantitative estimate of drug-likeness (QED) is 0.238. The monoisotopic (exact) mass is 779 g/mol. The summed E-state index contributed by atoms with van der Waals surface area (Å²) in [4.78, 5) is 56.4. The number of hydrogen-bond acceptors (Lipinski definition) is 11. The first-order valence-corrected chi connectivity index (χ1v) is 19.3. The van der Waals surface area contributed by atoms with E-state index in [1.54, 1.807) is 70.9 Å². The average Bonchev–Trinajstić information content (AvgIpc) is 3.79. The van der Waals surface area contributed by atoms with Gasteiger partial charge in [-0.1, -0.05) is 62.2 Å². The minimum absolute atomic E-state index is 0.0547. The Morgan fingerprint density at radius 2 is 1.94 bits per heavy atom. The minimum Gasteiger partial charge on any atom is -0.457 e. The van der Waals surface area contributed by atoms with Gasteiger partial charge in [-0.15, -0.1) is 0 Å². The molecule has 0 radical (unpaired) electrons. The molecule has 53 heavy (non-hydrogen) atoms. The maximum absolute atomic E-state index is 14.1. The number of nitrogens with zero attached hydrogens (tertiary/aromatic N) is 2. The van der Waals surface area contributed by atoms with E-state index >= 15 is 0 Å². The lowest BCUT2D eigenvalue weighted by Gasteiger charge is -2.42. The molecule has 1 aromatic carbocycles. The van der Waals surface area contributed by atoms with Crippen LogP contribution in [0.1, 0.15) is 71.9 Å². The highest BCUT2D eigenvalue weighted by molar-refractivity contribution is 7.99. The first-order chi connectivity index (χ1) is 24.8. The number of ether oxygens (including phenoxy) is 4. The number of esters is 1. The number of benzene rings is 1. The molecule has 3 aliphatic rings. The van der Waals surface area contributed by atoms with Gasteiger partial charge in [0, 0.05) is 45.7 Å². The number of alkyl carbamates (subject to hydrolysis) is 1. The van der Waals surface area contributed by atoms with Gasteiger partial charge in [-0.2, -0.15) is 11.8 Å². The van der Waals surface area contributed by atoms with E-state index in [0.29, 0.717) is 28.7 Å². The normalized spacial score (nSPS) is 31.4. The number of fused-ring (bicyclic) bond motifs is 5. The number of rotatable bonds is 9. The van der Waals surface area contributed by atoms with Crippen molar-refractivity contribution in [2.24, 2.45) is 5.92 Å². The van der Waals surface area contributed by atoms with Crippen LogP contribution in [0.2, 0.25) is 5.02 Å². The molecule has 3 amide bonds. The molecule has 4 bridgehead atoms. The predicted octanol–water partition coefficient (Wildman–Crippen LogP) is 4.53. The molecule has 0 aromatic heterocycles. The maximum atomic E-state index is 14.1. The highest BCUT2D eigenvalue weighted by Gasteiger charge is 2.64. The Morgan fingerprint density at radius 1 is 1.25 bits per heavy atom. The van der Waals surface area contributed by atoms with Gasteiger partial charge >= 0.3 is 12.1 Å². The van der Waals surface area contributed by atoms with Crippen LogP contribution in [0.25, 0.3) is 0 Å². The van der Waals surface area contributed by atoms with E-state index in [1.165, 1.54) is 16.9 Å². The summed E-state index contributed by atoms with van der Waals surface area (Å²) in [5.41, 5.74) is -0.575. The Morgan fingerprint density at radius 3 is 2.58 bits per heavy atom. The number of thioether (sulfide) groups is 1. The van der Waals surface area contributed by atoms with E-state index in [4.69, 9.17) is 30.5 Å². The van der Waals surface area contributed by atoms with Gasteiger partial charge in [-0.25, -0.2) is 9.59 Å². The zero-order valence-corrected chi connectivity index (χ0v) is 33.6. The molecule has 3 aliphatic heterocycles. The molecule has 4 rings (SSSR count). The number of nitrogens with one attached hydrogen (secondary N) is 1. The third-order valence-corrected chi connectivity index (χ3v) is 11.9. The van der Waals surface area contributed by atoms with Crippen LogP contribution >= 0.6 is 23.4 Å². The van der Waals surface area contributed by atoms with Crippen LogP contribution in [-0.2, 0) is 46.4 Å². The second kappa shape index (κ2) is 17.5. The number of methoxy groups -OCH3 is 1. The second-order valence-corrected chi connectivity index (χ2v) is 16.8. The fraction of sp³-hybridized carbons (Fsp3) is 0.632. The third-order valence-electron chi connectivity index (χ3n) is 10.4. The number of carbonyl (C=O) groups is 4. The fourth-order valence-corrected chi connectivity index (χ4v) is 7.90. The molecule has 294 valence electrons. The molecule has 0 saturated carbocycles. The summed E-state index contributed by atoms with van der Waals surface area (Å²) in [6.07, 6.45) is 1.07. The number of aliphatic hydroxyl groups is 2. The molecule has 0 unspecified atom stereocenters. The van der Waals surface area contributed by atoms with Gasteiger partial charge in [0.05, 0.1) is 29.8 Å². The van der Waals surface area contributed by atoms with E-state index in [9.17, 15) is 29.4 Å². The zero-order valence-electron chi connectivity index (χ0n) is 32.0. The molecule has 13 nitrogen and oxygen atoms in total. The summed E-state index contributed by atoms with van der Waals surface area (Å²) in [6, 6.07) is 2.57. The smallest absolute Gasteiger partial charge is 0.409 e. The fourth-order valence-electron chi connectivity index (χ4n) is 6.84. The molecule has 2 fully saturated rings. The Labute approximate surface area is 321 Å². The summed E-state index contributed by atoms with van der Waals surface area (Å²) < 4.78 is 23.6. The zero-order chi connectivity index (χ0) is 39.4. The van der Waals surface area contributed by atoms with Crippen molar-refractivity contribution in [1.82, 2.24) is 10.2 Å². The van der Waals surface area contributed by atoms with Crippen molar-refractivity contribution in [2.45, 2.75) is 121 Å². The van der Waals surface area contributed by atoms with E-state index < -0.39 is 65.7 Å². The second-order valence-electron chi connectivity index (χ2n) is 14.7. The first kappa shape index (κ1) is 42.6. The molecular formula is C38H54ClN3O10S. The van der Waals surface area contributed by atoms with E-state index in [1.807, 2.05) is 26.8 Å². The minimum atomic E-state index is -1.83. The topological polar surface area (TPSA) is 167 Å².